The second kappa shape index (κ2) is 15.6. The number of carbonyl (C=O) groups excluding carboxylic acids is 2. The monoisotopic (exact) mass is 683 g/mol. The number of unbranched alkanes of at least 4 members (excludes halogenated alkanes) is 2. The average molecular weight is 684 g/mol. The van der Waals surface area contributed by atoms with Gasteiger partial charge in [0.1, 0.15) is 17.7 Å². The predicted octanol–water partition coefficient (Wildman–Crippen LogP) is 8.94. The van der Waals surface area contributed by atoms with E-state index in [1.807, 2.05) is 28.0 Å². The van der Waals surface area contributed by atoms with Gasteiger partial charge >= 0.3 is 6.09 Å². The molecule has 0 radical (unpaired) electrons. The van der Waals surface area contributed by atoms with Crippen LogP contribution in [0.15, 0.2) is 48.9 Å². The predicted molar refractivity (Wildman–Crippen MR) is 197 cm³/mol. The summed E-state index contributed by atoms with van der Waals surface area (Å²) in [5.74, 6) is 1.69. The zero-order chi connectivity index (χ0) is 35.3. The standard InChI is InChI=1S/C41H57N5O4/c1-6-7-8-22-43-39(48)50-35-12-9-31(10-13-35)38(47)45(37-25-32(15-23-42-37)33-26-44-46(27-33)29(2)3)28-40-16-19-41(20-17-40,21-18-40)34-11-14-36(49-5)30(4)24-34/h11,14-15,23-27,29,31,35H,6-10,12-13,16-22,28H2,1-5H3,(H,43,48). The van der Waals surface area contributed by atoms with E-state index in [9.17, 15) is 9.59 Å². The first-order valence-electron chi connectivity index (χ1n) is 19.1. The lowest BCUT2D eigenvalue weighted by Crippen LogP contribution is -2.52. The Morgan fingerprint density at radius 1 is 1.00 bits per heavy atom. The second-order valence-corrected chi connectivity index (χ2v) is 15.6. The van der Waals surface area contributed by atoms with E-state index in [2.05, 4.69) is 68.6 Å². The number of hydrogen-bond acceptors (Lipinski definition) is 6. The molecule has 4 saturated carbocycles. The summed E-state index contributed by atoms with van der Waals surface area (Å²) in [7, 11) is 1.74. The van der Waals surface area contributed by atoms with Gasteiger partial charge in [0.05, 0.1) is 13.3 Å². The summed E-state index contributed by atoms with van der Waals surface area (Å²) in [4.78, 5) is 33.9. The Morgan fingerprint density at radius 2 is 1.74 bits per heavy atom. The van der Waals surface area contributed by atoms with Crippen LogP contribution in [0.3, 0.4) is 0 Å². The maximum atomic E-state index is 14.6. The third kappa shape index (κ3) is 7.87. The van der Waals surface area contributed by atoms with Crippen LogP contribution in [-0.2, 0) is 14.9 Å². The van der Waals surface area contributed by atoms with E-state index < -0.39 is 0 Å². The van der Waals surface area contributed by atoms with Gasteiger partial charge in [-0.2, -0.15) is 5.10 Å². The van der Waals surface area contributed by atoms with Crippen LogP contribution in [0.5, 0.6) is 5.75 Å². The highest BCUT2D eigenvalue weighted by molar-refractivity contribution is 5.95. The Balaban J connectivity index is 1.18. The first kappa shape index (κ1) is 35.9. The summed E-state index contributed by atoms with van der Waals surface area (Å²) in [5, 5.41) is 7.45. The third-order valence-electron chi connectivity index (χ3n) is 12.0. The molecule has 2 bridgehead atoms. The Morgan fingerprint density at radius 3 is 2.38 bits per heavy atom. The van der Waals surface area contributed by atoms with Gasteiger partial charge < -0.3 is 14.8 Å². The highest BCUT2D eigenvalue weighted by atomic mass is 16.6. The number of aromatic nitrogens is 3. The molecule has 9 heteroatoms. The van der Waals surface area contributed by atoms with Crippen molar-refractivity contribution in [2.45, 2.75) is 129 Å². The molecule has 1 N–H and O–H groups in total. The molecule has 3 aromatic rings. The molecule has 270 valence electrons. The van der Waals surface area contributed by atoms with Crippen molar-refractivity contribution in [3.63, 3.8) is 0 Å². The number of benzene rings is 1. The van der Waals surface area contributed by atoms with Crippen LogP contribution in [0.25, 0.3) is 11.1 Å². The van der Waals surface area contributed by atoms with Crippen LogP contribution in [0.4, 0.5) is 10.6 Å². The topological polar surface area (TPSA) is 98.6 Å². The molecule has 0 atom stereocenters. The molecule has 2 amide bonds. The number of ether oxygens (including phenoxy) is 2. The fourth-order valence-electron chi connectivity index (χ4n) is 8.67. The summed E-state index contributed by atoms with van der Waals surface area (Å²) in [6.07, 6.45) is 17.9. The SMILES string of the molecule is CCCCCNC(=O)OC1CCC(C(=O)N(CC23CCC(c4ccc(OC)c(C)c4)(CC2)CC3)c2cc(-c3cnn(C(C)C)c3)ccn2)CC1. The Labute approximate surface area is 298 Å². The zero-order valence-electron chi connectivity index (χ0n) is 30.9. The molecule has 4 aliphatic carbocycles. The van der Waals surface area contributed by atoms with Crippen molar-refractivity contribution < 1.29 is 19.1 Å². The molecule has 9 nitrogen and oxygen atoms in total. The quantitative estimate of drug-likeness (QED) is 0.181. The molecular weight excluding hydrogens is 626 g/mol. The van der Waals surface area contributed by atoms with Gasteiger partial charge in [0, 0.05) is 43.0 Å². The summed E-state index contributed by atoms with van der Waals surface area (Å²) >= 11 is 0. The Kier molecular flexibility index (Phi) is 11.2. The van der Waals surface area contributed by atoms with E-state index >= 15 is 0 Å². The number of alkyl carbamates (subject to hydrolysis) is 1. The minimum Gasteiger partial charge on any atom is -0.496 e. The van der Waals surface area contributed by atoms with Crippen LogP contribution in [0.1, 0.15) is 121 Å². The lowest BCUT2D eigenvalue weighted by Gasteiger charge is -2.55. The molecule has 50 heavy (non-hydrogen) atoms. The Bertz CT molecular complexity index is 1600. The first-order chi connectivity index (χ1) is 24.1. The smallest absolute Gasteiger partial charge is 0.407 e. The number of carbonyl (C=O) groups is 2. The van der Waals surface area contributed by atoms with Gasteiger partial charge in [0.25, 0.3) is 0 Å². The van der Waals surface area contributed by atoms with Gasteiger partial charge in [-0.15, -0.1) is 0 Å². The van der Waals surface area contributed by atoms with Gasteiger partial charge in [-0.05, 0) is 137 Å². The number of pyridine rings is 1. The van der Waals surface area contributed by atoms with Gasteiger partial charge in [-0.3, -0.25) is 14.4 Å². The largest absolute Gasteiger partial charge is 0.496 e. The molecule has 0 unspecified atom stereocenters. The lowest BCUT2D eigenvalue weighted by molar-refractivity contribution is -0.124. The van der Waals surface area contributed by atoms with Gasteiger partial charge in [-0.1, -0.05) is 31.9 Å². The van der Waals surface area contributed by atoms with Crippen molar-refractivity contribution in [3.05, 3.63) is 60.0 Å². The van der Waals surface area contributed by atoms with Crippen LogP contribution < -0.4 is 15.0 Å². The number of amides is 2. The molecular formula is C41H57N5O4. The van der Waals surface area contributed by atoms with E-state index in [1.54, 1.807) is 7.11 Å². The van der Waals surface area contributed by atoms with Gasteiger partial charge in [0.2, 0.25) is 5.91 Å². The number of anilines is 1. The molecule has 4 fully saturated rings. The normalized spacial score (nSPS) is 24.6. The average Bonchev–Trinajstić information content (AvgIpc) is 3.65. The molecule has 2 aromatic heterocycles. The first-order valence-corrected chi connectivity index (χ1v) is 19.1. The fourth-order valence-corrected chi connectivity index (χ4v) is 8.67. The van der Waals surface area contributed by atoms with Crippen molar-refractivity contribution >= 4 is 17.8 Å². The number of methoxy groups -OCH3 is 1. The van der Waals surface area contributed by atoms with Crippen molar-refractivity contribution in [3.8, 4) is 16.9 Å². The minimum atomic E-state index is -0.339. The van der Waals surface area contributed by atoms with Crippen LogP contribution >= 0.6 is 0 Å². The summed E-state index contributed by atoms with van der Waals surface area (Å²) in [6.45, 7) is 9.84. The zero-order valence-corrected chi connectivity index (χ0v) is 30.9. The van der Waals surface area contributed by atoms with E-state index in [0.717, 1.165) is 80.5 Å². The number of fused-ring (bicyclic) bond motifs is 3. The second-order valence-electron chi connectivity index (χ2n) is 15.6. The molecule has 1 aromatic carbocycles. The number of nitrogens with one attached hydrogen (secondary N) is 1. The van der Waals surface area contributed by atoms with E-state index in [4.69, 9.17) is 14.5 Å². The van der Waals surface area contributed by atoms with Crippen molar-refractivity contribution in [2.24, 2.45) is 11.3 Å². The maximum Gasteiger partial charge on any atom is 0.407 e. The van der Waals surface area contributed by atoms with Gasteiger partial charge in [-0.25, -0.2) is 9.78 Å². The molecule has 0 spiro atoms. The van der Waals surface area contributed by atoms with Crippen molar-refractivity contribution in [2.75, 3.05) is 25.1 Å². The van der Waals surface area contributed by atoms with Gasteiger partial charge in [0.15, 0.2) is 0 Å². The van der Waals surface area contributed by atoms with Crippen molar-refractivity contribution in [1.29, 1.82) is 0 Å². The van der Waals surface area contributed by atoms with E-state index in [0.29, 0.717) is 38.8 Å². The summed E-state index contributed by atoms with van der Waals surface area (Å²) in [5.41, 5.74) is 4.92. The fraction of sp³-hybridized carbons (Fsp3) is 0.610. The van der Waals surface area contributed by atoms with E-state index in [1.165, 1.54) is 11.1 Å². The number of aryl methyl sites for hydroxylation is 1. The maximum absolute atomic E-state index is 14.6. The van der Waals surface area contributed by atoms with E-state index in [-0.39, 0.29) is 40.9 Å². The molecule has 0 aliphatic heterocycles. The van der Waals surface area contributed by atoms with Crippen LogP contribution in [-0.4, -0.2) is 53.1 Å². The van der Waals surface area contributed by atoms with Crippen molar-refractivity contribution in [1.82, 2.24) is 20.1 Å². The highest BCUT2D eigenvalue weighted by Gasteiger charge is 2.51. The summed E-state index contributed by atoms with van der Waals surface area (Å²) in [6, 6.07) is 11.1. The Hall–Kier alpha value is -3.88. The number of rotatable bonds is 13. The lowest BCUT2D eigenvalue weighted by atomic mass is 9.51. The molecule has 2 heterocycles. The minimum absolute atomic E-state index is 0.0648. The van der Waals surface area contributed by atoms with Crippen LogP contribution in [0, 0.1) is 18.3 Å². The molecule has 4 aliphatic rings. The number of nitrogens with zero attached hydrogens (tertiary/aromatic N) is 4. The third-order valence-corrected chi connectivity index (χ3v) is 12.0. The summed E-state index contributed by atoms with van der Waals surface area (Å²) < 4.78 is 13.3. The molecule has 0 saturated heterocycles. The number of hydrogen-bond donors (Lipinski definition) is 1. The molecule has 7 rings (SSSR count). The highest BCUT2D eigenvalue weighted by Crippen LogP contribution is 2.58. The van der Waals surface area contributed by atoms with Crippen LogP contribution in [0.2, 0.25) is 0 Å².